The standard InChI is InChI=1S/C17H15N3O9S2.3Na/c21-17-16(19-18-12-1-5-14(6-2-12)30(23,24)25)11(10-29-22)9-20(17)13-3-7-15(8-4-13)31(26,27)28;;;/h1-9,21-22H,10H2,(H,23,24,25)(H,26,27,28);;;/q;3*+1/p-3. The Balaban J connectivity index is 0.00000363. The van der Waals surface area contributed by atoms with E-state index in [1.165, 1.54) is 30.5 Å². The minimum Gasteiger partial charge on any atom is -0.744 e. The summed E-state index contributed by atoms with van der Waals surface area (Å²) < 4.78 is 67.2. The van der Waals surface area contributed by atoms with Gasteiger partial charge in [-0.1, -0.05) is 0 Å². The van der Waals surface area contributed by atoms with Crippen molar-refractivity contribution in [3.05, 3.63) is 60.3 Å². The van der Waals surface area contributed by atoms with Crippen LogP contribution in [0, 0.1) is 0 Å². The Kier molecular flexibility index (Phi) is 13.9. The van der Waals surface area contributed by atoms with Crippen molar-refractivity contribution >= 4 is 31.6 Å². The number of hydrogen-bond acceptors (Lipinski definition) is 11. The molecular formula is C17H12N3Na3O9S2. The first kappa shape index (κ1) is 33.9. The fraction of sp³-hybridized carbons (Fsp3) is 0.0588. The van der Waals surface area contributed by atoms with Gasteiger partial charge >= 0.3 is 88.7 Å². The van der Waals surface area contributed by atoms with Gasteiger partial charge in [0, 0.05) is 17.4 Å². The van der Waals surface area contributed by atoms with Gasteiger partial charge < -0.3 is 24.4 Å². The third-order valence-electron chi connectivity index (χ3n) is 4.04. The number of hydrogen-bond donors (Lipinski definition) is 1. The van der Waals surface area contributed by atoms with Crippen molar-refractivity contribution in [3.63, 3.8) is 0 Å². The molecule has 3 aromatic rings. The summed E-state index contributed by atoms with van der Waals surface area (Å²) in [5.41, 5.74) is 0.398. The summed E-state index contributed by atoms with van der Waals surface area (Å²) in [7, 11) is -9.27. The molecule has 1 aromatic heterocycles. The topological polar surface area (TPSA) is 197 Å². The van der Waals surface area contributed by atoms with E-state index in [1.807, 2.05) is 0 Å². The van der Waals surface area contributed by atoms with Gasteiger partial charge in [0.1, 0.15) is 20.2 Å². The van der Waals surface area contributed by atoms with Crippen LogP contribution < -0.4 is 93.9 Å². The molecular weight excluding hydrogens is 523 g/mol. The zero-order chi connectivity index (χ0) is 22.8. The van der Waals surface area contributed by atoms with Gasteiger partial charge in [-0.25, -0.2) is 16.8 Å². The van der Waals surface area contributed by atoms with Gasteiger partial charge in [-0.2, -0.15) is 5.11 Å². The molecule has 0 aliphatic rings. The number of nitrogens with zero attached hydrogens (tertiary/aromatic N) is 3. The monoisotopic (exact) mass is 535 g/mol. The minimum atomic E-state index is -4.65. The summed E-state index contributed by atoms with van der Waals surface area (Å²) in [4.78, 5) is 2.93. The molecule has 0 unspecified atom stereocenters. The van der Waals surface area contributed by atoms with Crippen molar-refractivity contribution in [2.24, 2.45) is 10.2 Å². The average molecular weight is 535 g/mol. The Bertz CT molecular complexity index is 1340. The maximum Gasteiger partial charge on any atom is 1.00 e. The number of benzene rings is 2. The van der Waals surface area contributed by atoms with Crippen LogP contribution in [0.15, 0.2) is 74.7 Å². The molecule has 34 heavy (non-hydrogen) atoms. The number of rotatable bonds is 7. The molecule has 0 aliphatic carbocycles. The van der Waals surface area contributed by atoms with Gasteiger partial charge in [-0.15, -0.1) is 5.11 Å². The molecule has 3 rings (SSSR count). The van der Waals surface area contributed by atoms with E-state index in [4.69, 9.17) is 0 Å². The van der Waals surface area contributed by atoms with Crippen LogP contribution in [-0.4, -0.2) is 35.6 Å². The summed E-state index contributed by atoms with van der Waals surface area (Å²) in [6.07, 6.45) is 1.30. The number of azo groups is 1. The second-order valence-corrected chi connectivity index (χ2v) is 8.81. The zero-order valence-electron chi connectivity index (χ0n) is 18.3. The van der Waals surface area contributed by atoms with E-state index in [9.17, 15) is 36.3 Å². The molecule has 0 saturated carbocycles. The third kappa shape index (κ3) is 8.47. The average Bonchev–Trinajstić information content (AvgIpc) is 3.01. The molecule has 0 amide bonds. The van der Waals surface area contributed by atoms with E-state index in [1.54, 1.807) is 0 Å². The second kappa shape index (κ2) is 14.0. The van der Waals surface area contributed by atoms with Crippen LogP contribution in [-0.2, 0) is 31.7 Å². The van der Waals surface area contributed by atoms with Gasteiger partial charge in [0.15, 0.2) is 5.69 Å². The van der Waals surface area contributed by atoms with Crippen LogP contribution in [0.4, 0.5) is 11.4 Å². The molecule has 0 spiro atoms. The Labute approximate surface area is 261 Å². The first-order chi connectivity index (χ1) is 14.5. The van der Waals surface area contributed by atoms with E-state index in [-0.39, 0.29) is 111 Å². The van der Waals surface area contributed by atoms with Gasteiger partial charge in [0.05, 0.1) is 22.1 Å². The van der Waals surface area contributed by atoms with E-state index in [2.05, 4.69) is 15.1 Å². The van der Waals surface area contributed by atoms with Crippen molar-refractivity contribution in [3.8, 4) is 11.6 Å². The molecule has 17 heteroatoms. The molecule has 0 bridgehead atoms. The Hall–Kier alpha value is -0.140. The summed E-state index contributed by atoms with van der Waals surface area (Å²) in [5, 5.41) is 28.8. The van der Waals surface area contributed by atoms with Crippen LogP contribution in [0.5, 0.6) is 5.88 Å². The van der Waals surface area contributed by atoms with Crippen LogP contribution in [0.25, 0.3) is 5.69 Å². The van der Waals surface area contributed by atoms with Crippen LogP contribution in [0.1, 0.15) is 5.56 Å². The van der Waals surface area contributed by atoms with Gasteiger partial charge in [-0.3, -0.25) is 4.57 Å². The van der Waals surface area contributed by atoms with Gasteiger partial charge in [0.2, 0.25) is 5.88 Å². The number of aromatic nitrogens is 1. The van der Waals surface area contributed by atoms with Crippen LogP contribution >= 0.6 is 0 Å². The third-order valence-corrected chi connectivity index (χ3v) is 5.74. The Morgan fingerprint density at radius 1 is 0.824 bits per heavy atom. The van der Waals surface area contributed by atoms with E-state index in [0.29, 0.717) is 0 Å². The summed E-state index contributed by atoms with van der Waals surface area (Å²) in [5.74, 6) is -0.465. The van der Waals surface area contributed by atoms with E-state index < -0.39 is 42.5 Å². The first-order valence-electron chi connectivity index (χ1n) is 8.22. The Morgan fingerprint density at radius 3 is 1.74 bits per heavy atom. The minimum absolute atomic E-state index is 0. The molecule has 1 N–H and O–H groups in total. The zero-order valence-corrected chi connectivity index (χ0v) is 25.9. The molecule has 12 nitrogen and oxygen atoms in total. The van der Waals surface area contributed by atoms with E-state index >= 15 is 0 Å². The molecule has 0 fully saturated rings. The number of aromatic hydroxyl groups is 1. The van der Waals surface area contributed by atoms with Crippen molar-refractivity contribution in [1.82, 2.24) is 4.57 Å². The van der Waals surface area contributed by atoms with Gasteiger partial charge in [-0.05, 0) is 48.5 Å². The first-order valence-corrected chi connectivity index (χ1v) is 11.0. The summed E-state index contributed by atoms with van der Waals surface area (Å²) in [6, 6.07) is 9.12. The normalized spacial score (nSPS) is 11.4. The van der Waals surface area contributed by atoms with Crippen molar-refractivity contribution in [1.29, 1.82) is 0 Å². The smallest absolute Gasteiger partial charge is 0.744 e. The quantitative estimate of drug-likeness (QED) is 0.100. The van der Waals surface area contributed by atoms with Crippen LogP contribution in [0.3, 0.4) is 0 Å². The molecule has 2 aromatic carbocycles. The van der Waals surface area contributed by atoms with Crippen LogP contribution in [0.2, 0.25) is 0 Å². The predicted molar refractivity (Wildman–Crippen MR) is 98.8 cm³/mol. The molecule has 0 radical (unpaired) electrons. The maximum absolute atomic E-state index is 11.0. The molecule has 1 heterocycles. The predicted octanol–water partition coefficient (Wildman–Crippen LogP) is -7.79. The fourth-order valence-electron chi connectivity index (χ4n) is 2.57. The maximum atomic E-state index is 11.0. The molecule has 0 aliphatic heterocycles. The summed E-state index contributed by atoms with van der Waals surface area (Å²) in [6.45, 7) is -0.491. The van der Waals surface area contributed by atoms with Crippen molar-refractivity contribution < 1.29 is 130 Å². The van der Waals surface area contributed by atoms with Crippen molar-refractivity contribution in [2.75, 3.05) is 0 Å². The van der Waals surface area contributed by atoms with Crippen molar-refractivity contribution in [2.45, 2.75) is 16.4 Å². The molecule has 164 valence electrons. The molecule has 0 saturated heterocycles. The SMILES string of the molecule is O=S(=O)([O-])c1ccc(N=Nc2c(CO[O-])cn(-c3ccc(S(=O)(=O)[O-])cc3)c2O)cc1.[Na+].[Na+].[Na+]. The second-order valence-electron chi connectivity index (χ2n) is 6.05. The van der Waals surface area contributed by atoms with E-state index in [0.717, 1.165) is 28.8 Å². The fourth-order valence-corrected chi connectivity index (χ4v) is 3.51. The van der Waals surface area contributed by atoms with Gasteiger partial charge in [0.25, 0.3) is 0 Å². The Morgan fingerprint density at radius 2 is 1.29 bits per heavy atom. The summed E-state index contributed by atoms with van der Waals surface area (Å²) >= 11 is 0. The largest absolute Gasteiger partial charge is 1.00 e. The molecule has 0 atom stereocenters.